The number of pyridine rings is 1. The Morgan fingerprint density at radius 3 is 3.10 bits per heavy atom. The maximum Gasteiger partial charge on any atom is 0.306 e. The first-order valence-corrected chi connectivity index (χ1v) is 7.18. The summed E-state index contributed by atoms with van der Waals surface area (Å²) >= 11 is 7.06. The zero-order valence-electron chi connectivity index (χ0n) is 10.3. The molecule has 1 amide bonds. The molecule has 1 N–H and O–H groups in total. The second-order valence-corrected chi connectivity index (χ2v) is 5.85. The average Bonchev–Trinajstić information content (AvgIpc) is 2.94. The smallest absolute Gasteiger partial charge is 0.306 e. The molecule has 0 spiro atoms. The zero-order valence-corrected chi connectivity index (χ0v) is 11.8. The number of hydrogen-bond donors (Lipinski definition) is 1. The lowest BCUT2D eigenvalue weighted by atomic mass is 10.0. The first-order chi connectivity index (χ1) is 9.60. The van der Waals surface area contributed by atoms with Crippen molar-refractivity contribution in [2.24, 2.45) is 5.92 Å². The molecule has 0 bridgehead atoms. The minimum atomic E-state index is -0.248. The lowest BCUT2D eigenvalue weighted by Crippen LogP contribution is -2.16. The van der Waals surface area contributed by atoms with Crippen LogP contribution in [0.15, 0.2) is 12.1 Å². The Hall–Kier alpha value is -1.73. The number of aromatic nitrogens is 2. The maximum atomic E-state index is 11.9. The van der Waals surface area contributed by atoms with Crippen LogP contribution in [0.2, 0.25) is 5.15 Å². The number of fused-ring (bicyclic) bond motifs is 1. The highest BCUT2D eigenvalue weighted by Crippen LogP contribution is 2.26. The minimum absolute atomic E-state index is 0.0514. The van der Waals surface area contributed by atoms with E-state index >= 15 is 0 Å². The third-order valence-corrected chi connectivity index (χ3v) is 3.97. The van der Waals surface area contributed by atoms with Gasteiger partial charge in [-0.1, -0.05) is 22.9 Å². The molecule has 1 fully saturated rings. The van der Waals surface area contributed by atoms with Crippen molar-refractivity contribution in [3.05, 3.63) is 17.3 Å². The van der Waals surface area contributed by atoms with Crippen molar-refractivity contribution >= 4 is 50.3 Å². The van der Waals surface area contributed by atoms with Gasteiger partial charge in [-0.05, 0) is 12.1 Å². The fraction of sp³-hybridized carbons (Fsp3) is 0.333. The van der Waals surface area contributed by atoms with Crippen LogP contribution in [0.3, 0.4) is 0 Å². The molecule has 3 rings (SSSR count). The number of halogens is 1. The molecule has 1 unspecified atom stereocenters. The molecule has 3 heterocycles. The number of rotatable bonds is 3. The number of anilines is 1. The number of nitrogens with zero attached hydrogens (tertiary/aromatic N) is 2. The molecule has 1 atom stereocenters. The topological polar surface area (TPSA) is 81.2 Å². The maximum absolute atomic E-state index is 11.9. The van der Waals surface area contributed by atoms with Gasteiger partial charge in [-0.25, -0.2) is 9.97 Å². The molecule has 20 heavy (non-hydrogen) atoms. The Kier molecular flexibility index (Phi) is 3.54. The molecule has 1 aliphatic rings. The number of thiazole rings is 1. The molecular formula is C12H10ClN3O3S. The van der Waals surface area contributed by atoms with Crippen LogP contribution in [0, 0.1) is 5.92 Å². The number of esters is 1. The van der Waals surface area contributed by atoms with Gasteiger partial charge in [0, 0.05) is 12.3 Å². The number of ether oxygens (including phenoxy) is 1. The summed E-state index contributed by atoms with van der Waals surface area (Å²) < 4.78 is 4.82. The predicted molar refractivity (Wildman–Crippen MR) is 74.7 cm³/mol. The molecule has 0 radical (unpaired) electrons. The summed E-state index contributed by atoms with van der Waals surface area (Å²) in [5.41, 5.74) is 0.689. The number of carbonyl (C=O) groups is 2. The molecule has 1 aliphatic heterocycles. The molecule has 0 aliphatic carbocycles. The summed E-state index contributed by atoms with van der Waals surface area (Å²) in [6.45, 7) is 0.309. The van der Waals surface area contributed by atoms with Crippen molar-refractivity contribution in [2.75, 3.05) is 11.9 Å². The number of cyclic esters (lactones) is 1. The van der Waals surface area contributed by atoms with E-state index in [1.54, 1.807) is 12.1 Å². The molecule has 6 nitrogen and oxygen atoms in total. The van der Waals surface area contributed by atoms with Crippen molar-refractivity contribution in [2.45, 2.75) is 12.8 Å². The number of hydrogen-bond acceptors (Lipinski definition) is 6. The Morgan fingerprint density at radius 1 is 1.50 bits per heavy atom. The molecule has 1 saturated heterocycles. The van der Waals surface area contributed by atoms with Gasteiger partial charge in [0.1, 0.15) is 15.5 Å². The average molecular weight is 312 g/mol. The van der Waals surface area contributed by atoms with E-state index in [9.17, 15) is 9.59 Å². The highest BCUT2D eigenvalue weighted by atomic mass is 35.5. The second kappa shape index (κ2) is 5.34. The van der Waals surface area contributed by atoms with Gasteiger partial charge in [0.15, 0.2) is 5.13 Å². The molecule has 104 valence electrons. The van der Waals surface area contributed by atoms with Crippen molar-refractivity contribution in [3.63, 3.8) is 0 Å². The van der Waals surface area contributed by atoms with E-state index in [-0.39, 0.29) is 24.2 Å². The predicted octanol–water partition coefficient (Wildman–Crippen LogP) is 2.24. The Labute approximate surface area is 123 Å². The molecule has 2 aromatic heterocycles. The van der Waals surface area contributed by atoms with Gasteiger partial charge in [0.25, 0.3) is 0 Å². The molecule has 8 heteroatoms. The third kappa shape index (κ3) is 2.88. The minimum Gasteiger partial charge on any atom is -0.465 e. The van der Waals surface area contributed by atoms with Gasteiger partial charge >= 0.3 is 5.97 Å². The first-order valence-electron chi connectivity index (χ1n) is 5.99. The lowest BCUT2D eigenvalue weighted by molar-refractivity contribution is -0.138. The lowest BCUT2D eigenvalue weighted by Gasteiger charge is -2.04. The molecule has 0 aromatic carbocycles. The van der Waals surface area contributed by atoms with Crippen LogP contribution in [0.25, 0.3) is 10.3 Å². The summed E-state index contributed by atoms with van der Waals surface area (Å²) in [5.74, 6) is -0.482. The number of amides is 1. The standard InChI is InChI=1S/C12H10ClN3O3S/c13-8-2-1-7-11(15-8)20-12(14-7)16-9(17)3-6-4-10(18)19-5-6/h1-2,6H,3-5H2,(H,14,16,17). The van der Waals surface area contributed by atoms with E-state index in [4.69, 9.17) is 16.3 Å². The zero-order chi connectivity index (χ0) is 14.1. The number of carbonyl (C=O) groups excluding carboxylic acids is 2. The van der Waals surface area contributed by atoms with Crippen molar-refractivity contribution in [1.82, 2.24) is 9.97 Å². The van der Waals surface area contributed by atoms with E-state index in [1.165, 1.54) is 11.3 Å². The summed E-state index contributed by atoms with van der Waals surface area (Å²) in [5, 5.41) is 3.58. The van der Waals surface area contributed by atoms with E-state index in [0.29, 0.717) is 33.7 Å². The SMILES string of the molecule is O=C(CC1COC(=O)C1)Nc1nc2ccc(Cl)nc2s1. The Morgan fingerprint density at radius 2 is 2.35 bits per heavy atom. The van der Waals surface area contributed by atoms with Gasteiger partial charge in [-0.3, -0.25) is 9.59 Å². The highest BCUT2D eigenvalue weighted by molar-refractivity contribution is 7.22. The third-order valence-electron chi connectivity index (χ3n) is 2.88. The van der Waals surface area contributed by atoms with Gasteiger partial charge in [-0.15, -0.1) is 0 Å². The van der Waals surface area contributed by atoms with Crippen molar-refractivity contribution in [1.29, 1.82) is 0 Å². The van der Waals surface area contributed by atoms with Gasteiger partial charge in [-0.2, -0.15) is 0 Å². The molecule has 0 saturated carbocycles. The second-order valence-electron chi connectivity index (χ2n) is 4.48. The fourth-order valence-corrected chi connectivity index (χ4v) is 3.03. The van der Waals surface area contributed by atoms with Gasteiger partial charge < -0.3 is 10.1 Å². The van der Waals surface area contributed by atoms with Gasteiger partial charge in [0.05, 0.1) is 13.0 Å². The Balaban J connectivity index is 1.66. The fourth-order valence-electron chi connectivity index (χ4n) is 1.98. The van der Waals surface area contributed by atoms with Crippen LogP contribution in [0.5, 0.6) is 0 Å². The van der Waals surface area contributed by atoms with E-state index in [0.717, 1.165) is 0 Å². The van der Waals surface area contributed by atoms with Crippen LogP contribution in [-0.2, 0) is 14.3 Å². The van der Waals surface area contributed by atoms with Gasteiger partial charge in [0.2, 0.25) is 5.91 Å². The van der Waals surface area contributed by atoms with Crippen LogP contribution in [-0.4, -0.2) is 28.5 Å². The van der Waals surface area contributed by atoms with Crippen LogP contribution in [0.4, 0.5) is 5.13 Å². The molecule has 2 aromatic rings. The summed E-state index contributed by atoms with van der Waals surface area (Å²) in [7, 11) is 0. The summed E-state index contributed by atoms with van der Waals surface area (Å²) in [4.78, 5) is 31.9. The quantitative estimate of drug-likeness (QED) is 0.694. The number of nitrogens with one attached hydrogen (secondary N) is 1. The summed E-state index contributed by atoms with van der Waals surface area (Å²) in [6.07, 6.45) is 0.542. The molecular weight excluding hydrogens is 302 g/mol. The highest BCUT2D eigenvalue weighted by Gasteiger charge is 2.26. The summed E-state index contributed by atoms with van der Waals surface area (Å²) in [6, 6.07) is 3.40. The van der Waals surface area contributed by atoms with E-state index < -0.39 is 0 Å². The largest absolute Gasteiger partial charge is 0.465 e. The van der Waals surface area contributed by atoms with Crippen molar-refractivity contribution < 1.29 is 14.3 Å². The Bertz CT molecular complexity index is 688. The monoisotopic (exact) mass is 311 g/mol. The van der Waals surface area contributed by atoms with E-state index in [1.807, 2.05) is 0 Å². The van der Waals surface area contributed by atoms with Crippen molar-refractivity contribution in [3.8, 4) is 0 Å². The first kappa shape index (κ1) is 13.3. The van der Waals surface area contributed by atoms with Crippen LogP contribution >= 0.6 is 22.9 Å². The van der Waals surface area contributed by atoms with E-state index in [2.05, 4.69) is 15.3 Å². The van der Waals surface area contributed by atoms with Crippen LogP contribution in [0.1, 0.15) is 12.8 Å². The normalized spacial score (nSPS) is 18.2. The van der Waals surface area contributed by atoms with Crippen LogP contribution < -0.4 is 5.32 Å².